The van der Waals surface area contributed by atoms with Crippen molar-refractivity contribution in [2.45, 2.75) is 71.0 Å². The van der Waals surface area contributed by atoms with Gasteiger partial charge in [0.05, 0.1) is 24.2 Å². The van der Waals surface area contributed by atoms with Crippen molar-refractivity contribution in [1.82, 2.24) is 20.2 Å². The van der Waals surface area contributed by atoms with Crippen LogP contribution in [0.25, 0.3) is 11.0 Å². The number of aryl methyl sites for hydroxylation is 1. The van der Waals surface area contributed by atoms with Gasteiger partial charge in [0.15, 0.2) is 0 Å². The van der Waals surface area contributed by atoms with Gasteiger partial charge in [-0.05, 0) is 55.7 Å². The molecular weight excluding hydrogens is 380 g/mol. The fourth-order valence-electron chi connectivity index (χ4n) is 5.18. The number of carbonyl (C=O) groups excluding carboxylic acids is 2. The number of imidazole rings is 1. The lowest BCUT2D eigenvalue weighted by Crippen LogP contribution is -2.53. The van der Waals surface area contributed by atoms with E-state index in [9.17, 15) is 9.59 Å². The van der Waals surface area contributed by atoms with Crippen LogP contribution in [0.4, 0.5) is 4.79 Å². The molecule has 4 rings (SSSR count). The minimum absolute atomic E-state index is 0.0357. The molecule has 0 spiro atoms. The maximum absolute atomic E-state index is 13.8. The normalized spacial score (nSPS) is 24.7. The average Bonchev–Trinajstić information content (AvgIpc) is 3.31. The van der Waals surface area contributed by atoms with Crippen LogP contribution in [0, 0.1) is 18.8 Å². The number of amides is 2. The van der Waals surface area contributed by atoms with Gasteiger partial charge in [-0.3, -0.25) is 4.79 Å². The van der Waals surface area contributed by atoms with Crippen LogP contribution in [0.15, 0.2) is 18.2 Å². The van der Waals surface area contributed by atoms with Crippen molar-refractivity contribution in [3.8, 4) is 0 Å². The van der Waals surface area contributed by atoms with Crippen molar-refractivity contribution in [3.63, 3.8) is 0 Å². The molecular formula is C23H32N4O3. The van der Waals surface area contributed by atoms with Gasteiger partial charge in [0, 0.05) is 6.04 Å². The van der Waals surface area contributed by atoms with Crippen LogP contribution >= 0.6 is 0 Å². The lowest BCUT2D eigenvalue weighted by atomic mass is 9.84. The van der Waals surface area contributed by atoms with E-state index in [0.717, 1.165) is 42.5 Å². The Kier molecular flexibility index (Phi) is 5.71. The lowest BCUT2D eigenvalue weighted by Gasteiger charge is -2.36. The first-order valence-corrected chi connectivity index (χ1v) is 11.0. The summed E-state index contributed by atoms with van der Waals surface area (Å²) < 4.78 is 4.77. The number of alkyl carbamates (subject to hydrolysis) is 1. The molecule has 30 heavy (non-hydrogen) atoms. The Morgan fingerprint density at radius 2 is 2.03 bits per heavy atom. The molecule has 0 unspecified atom stereocenters. The molecule has 162 valence electrons. The highest BCUT2D eigenvalue weighted by Crippen LogP contribution is 2.46. The van der Waals surface area contributed by atoms with Crippen molar-refractivity contribution in [2.24, 2.45) is 11.8 Å². The predicted octanol–water partition coefficient (Wildman–Crippen LogP) is 4.08. The molecule has 1 aliphatic heterocycles. The van der Waals surface area contributed by atoms with Crippen LogP contribution in [0.1, 0.15) is 63.4 Å². The van der Waals surface area contributed by atoms with E-state index in [1.54, 1.807) is 0 Å². The van der Waals surface area contributed by atoms with E-state index < -0.39 is 12.1 Å². The fourth-order valence-corrected chi connectivity index (χ4v) is 5.18. The van der Waals surface area contributed by atoms with Crippen LogP contribution in [-0.4, -0.2) is 46.1 Å². The van der Waals surface area contributed by atoms with Gasteiger partial charge in [0.25, 0.3) is 0 Å². The number of hydrogen-bond acceptors (Lipinski definition) is 4. The summed E-state index contributed by atoms with van der Waals surface area (Å²) in [5, 5.41) is 2.76. The molecule has 2 amide bonds. The van der Waals surface area contributed by atoms with Crippen LogP contribution in [0.2, 0.25) is 0 Å². The molecule has 2 aliphatic rings. The number of aromatic nitrogens is 2. The molecule has 2 aromatic rings. The molecule has 1 aromatic heterocycles. The van der Waals surface area contributed by atoms with Gasteiger partial charge >= 0.3 is 6.09 Å². The largest absolute Gasteiger partial charge is 0.453 e. The smallest absolute Gasteiger partial charge is 0.407 e. The Morgan fingerprint density at radius 1 is 1.27 bits per heavy atom. The molecule has 0 bridgehead atoms. The highest BCUT2D eigenvalue weighted by molar-refractivity contribution is 5.87. The maximum Gasteiger partial charge on any atom is 0.407 e. The monoisotopic (exact) mass is 412 g/mol. The second kappa shape index (κ2) is 8.28. The molecule has 1 saturated heterocycles. The zero-order valence-corrected chi connectivity index (χ0v) is 18.3. The summed E-state index contributed by atoms with van der Waals surface area (Å²) in [6.07, 6.45) is 4.84. The topological polar surface area (TPSA) is 87.3 Å². The standard InChI is InChI=1S/C23H32N4O3/c1-13(2)20(26-23(29)30-4)22(28)27-18-8-6-5-7-15(18)12-19(27)21-24-16-10-9-14(3)11-17(16)25-21/h9-11,13,15,18-20H,5-8,12H2,1-4H3,(H,24,25)(H,26,29)/t15-,18-,19-,20-/m0/s1. The molecule has 2 N–H and O–H groups in total. The molecule has 7 nitrogen and oxygen atoms in total. The summed E-state index contributed by atoms with van der Waals surface area (Å²) in [6, 6.07) is 5.65. The third-order valence-electron chi connectivity index (χ3n) is 6.71. The second-order valence-corrected chi connectivity index (χ2v) is 9.11. The number of likely N-dealkylation sites (tertiary alicyclic amines) is 1. The van der Waals surface area contributed by atoms with E-state index in [1.807, 2.05) is 24.8 Å². The first kappa shape index (κ1) is 20.7. The van der Waals surface area contributed by atoms with Crippen LogP contribution in [0.3, 0.4) is 0 Å². The van der Waals surface area contributed by atoms with E-state index in [-0.39, 0.29) is 23.9 Å². The van der Waals surface area contributed by atoms with Crippen LogP contribution < -0.4 is 5.32 Å². The van der Waals surface area contributed by atoms with Crippen LogP contribution in [-0.2, 0) is 9.53 Å². The van der Waals surface area contributed by atoms with Gasteiger partial charge in [-0.25, -0.2) is 9.78 Å². The summed E-state index contributed by atoms with van der Waals surface area (Å²) in [4.78, 5) is 36.0. The van der Waals surface area contributed by atoms with Crippen molar-refractivity contribution in [2.75, 3.05) is 7.11 Å². The number of aromatic amines is 1. The Morgan fingerprint density at radius 3 is 2.77 bits per heavy atom. The first-order valence-electron chi connectivity index (χ1n) is 11.0. The third kappa shape index (κ3) is 3.77. The maximum atomic E-state index is 13.8. The quantitative estimate of drug-likeness (QED) is 0.792. The van der Waals surface area contributed by atoms with Crippen molar-refractivity contribution in [3.05, 3.63) is 29.6 Å². The molecule has 2 heterocycles. The number of rotatable bonds is 4. The number of hydrogen-bond donors (Lipinski definition) is 2. The van der Waals surface area contributed by atoms with E-state index in [1.165, 1.54) is 19.1 Å². The molecule has 0 radical (unpaired) electrons. The molecule has 1 aliphatic carbocycles. The van der Waals surface area contributed by atoms with E-state index in [2.05, 4.69) is 29.4 Å². The minimum Gasteiger partial charge on any atom is -0.453 e. The van der Waals surface area contributed by atoms with Crippen molar-refractivity contribution < 1.29 is 14.3 Å². The Labute approximate surface area is 177 Å². The first-order chi connectivity index (χ1) is 14.4. The van der Waals surface area contributed by atoms with Gasteiger partial charge in [-0.15, -0.1) is 0 Å². The molecule has 4 atom stereocenters. The number of nitrogens with one attached hydrogen (secondary N) is 2. The van der Waals surface area contributed by atoms with Gasteiger partial charge in [0.2, 0.25) is 5.91 Å². The summed E-state index contributed by atoms with van der Waals surface area (Å²) in [5.41, 5.74) is 3.10. The SMILES string of the molecule is COC(=O)N[C@H](C(=O)N1[C@H](c2nc3ccc(C)cc3[nH]2)C[C@@H]2CCCC[C@@H]21)C(C)C. The summed E-state index contributed by atoms with van der Waals surface area (Å²) in [6.45, 7) is 5.96. The Balaban J connectivity index is 1.70. The van der Waals surface area contributed by atoms with Gasteiger partial charge in [0.1, 0.15) is 11.9 Å². The average molecular weight is 413 g/mol. The van der Waals surface area contributed by atoms with Gasteiger partial charge in [-0.1, -0.05) is 32.8 Å². The van der Waals surface area contributed by atoms with Gasteiger partial charge in [-0.2, -0.15) is 0 Å². The van der Waals surface area contributed by atoms with Crippen molar-refractivity contribution >= 4 is 23.0 Å². The zero-order valence-electron chi connectivity index (χ0n) is 18.3. The van der Waals surface area contributed by atoms with E-state index in [4.69, 9.17) is 9.72 Å². The zero-order chi connectivity index (χ0) is 21.4. The number of carbonyl (C=O) groups is 2. The fraction of sp³-hybridized carbons (Fsp3) is 0.609. The Hall–Kier alpha value is -2.57. The number of ether oxygens (including phenoxy) is 1. The minimum atomic E-state index is -0.618. The predicted molar refractivity (Wildman–Crippen MR) is 115 cm³/mol. The number of fused-ring (bicyclic) bond motifs is 2. The van der Waals surface area contributed by atoms with Crippen molar-refractivity contribution in [1.29, 1.82) is 0 Å². The summed E-state index contributed by atoms with van der Waals surface area (Å²) in [5.74, 6) is 1.25. The number of benzene rings is 1. The highest BCUT2D eigenvalue weighted by Gasteiger charge is 2.48. The van der Waals surface area contributed by atoms with Gasteiger partial charge < -0.3 is 19.9 Å². The number of methoxy groups -OCH3 is 1. The third-order valence-corrected chi connectivity index (χ3v) is 6.71. The molecule has 2 fully saturated rings. The van der Waals surface area contributed by atoms with E-state index >= 15 is 0 Å². The summed E-state index contributed by atoms with van der Waals surface area (Å²) >= 11 is 0. The number of nitrogens with zero attached hydrogens (tertiary/aromatic N) is 2. The number of H-pyrrole nitrogens is 1. The van der Waals surface area contributed by atoms with E-state index in [0.29, 0.717) is 5.92 Å². The molecule has 7 heteroatoms. The highest BCUT2D eigenvalue weighted by atomic mass is 16.5. The summed E-state index contributed by atoms with van der Waals surface area (Å²) in [7, 11) is 1.32. The second-order valence-electron chi connectivity index (χ2n) is 9.11. The van der Waals surface area contributed by atoms with Crippen LogP contribution in [0.5, 0.6) is 0 Å². The molecule has 1 aromatic carbocycles. The Bertz CT molecular complexity index is 938. The lowest BCUT2D eigenvalue weighted by molar-refractivity contribution is -0.138. The molecule has 1 saturated carbocycles.